The minimum atomic E-state index is -0.0455. The Hall–Kier alpha value is -1.81. The van der Waals surface area contributed by atoms with Gasteiger partial charge in [-0.15, -0.1) is 0 Å². The van der Waals surface area contributed by atoms with Crippen LogP contribution in [0.1, 0.15) is 30.1 Å². The van der Waals surface area contributed by atoms with E-state index >= 15 is 0 Å². The number of amides is 1. The van der Waals surface area contributed by atoms with Crippen molar-refractivity contribution < 1.29 is 9.53 Å². The Morgan fingerprint density at radius 2 is 1.86 bits per heavy atom. The maximum absolute atomic E-state index is 11.9. The summed E-state index contributed by atoms with van der Waals surface area (Å²) in [6.45, 7) is 2.81. The fourth-order valence-corrected chi connectivity index (χ4v) is 2.18. The van der Waals surface area contributed by atoms with Crippen molar-refractivity contribution >= 4 is 21.8 Å². The second kappa shape index (κ2) is 7.84. The number of rotatable bonds is 6. The molecule has 0 radical (unpaired) electrons. The molecule has 0 heterocycles. The molecule has 0 bridgehead atoms. The van der Waals surface area contributed by atoms with Crippen molar-refractivity contribution in [2.24, 2.45) is 0 Å². The van der Waals surface area contributed by atoms with Crippen molar-refractivity contribution in [3.63, 3.8) is 0 Å². The minimum absolute atomic E-state index is 0.0455. The van der Waals surface area contributed by atoms with Gasteiger partial charge in [0, 0.05) is 12.1 Å². The van der Waals surface area contributed by atoms with Gasteiger partial charge in [0.25, 0.3) is 5.91 Å². The van der Waals surface area contributed by atoms with E-state index in [1.165, 1.54) is 0 Å². The summed E-state index contributed by atoms with van der Waals surface area (Å²) < 4.78 is 6.66. The molecule has 2 rings (SSSR count). The molecule has 0 atom stereocenters. The topological polar surface area (TPSA) is 38.3 Å². The molecule has 0 fully saturated rings. The summed E-state index contributed by atoms with van der Waals surface area (Å²) in [5, 5.41) is 2.89. The van der Waals surface area contributed by atoms with Crippen LogP contribution in [0, 0.1) is 0 Å². The quantitative estimate of drug-likeness (QED) is 0.764. The van der Waals surface area contributed by atoms with Gasteiger partial charge >= 0.3 is 0 Å². The zero-order valence-electron chi connectivity index (χ0n) is 11.9. The van der Waals surface area contributed by atoms with Crippen LogP contribution < -0.4 is 10.1 Å². The van der Waals surface area contributed by atoms with E-state index in [4.69, 9.17) is 4.74 Å². The molecule has 110 valence electrons. The van der Waals surface area contributed by atoms with E-state index < -0.39 is 0 Å². The zero-order valence-corrected chi connectivity index (χ0v) is 13.5. The second-order valence-corrected chi connectivity index (χ2v) is 5.52. The number of para-hydroxylation sites is 1. The van der Waals surface area contributed by atoms with Crippen LogP contribution in [0.4, 0.5) is 0 Å². The normalized spacial score (nSPS) is 10.2. The smallest absolute Gasteiger partial charge is 0.251 e. The standard InChI is InChI=1S/C17H18BrNO2/c1-2-3-12-19-17(20)13-8-10-14(11-9-13)21-16-7-5-4-6-15(16)18/h4-11H,2-3,12H2,1H3,(H,19,20). The lowest BCUT2D eigenvalue weighted by Crippen LogP contribution is -2.24. The number of halogens is 1. The van der Waals surface area contributed by atoms with Gasteiger partial charge in [0.1, 0.15) is 11.5 Å². The number of carbonyl (C=O) groups is 1. The summed E-state index contributed by atoms with van der Waals surface area (Å²) in [6.07, 6.45) is 2.06. The van der Waals surface area contributed by atoms with Crippen LogP contribution in [0.3, 0.4) is 0 Å². The molecular weight excluding hydrogens is 330 g/mol. The SMILES string of the molecule is CCCCNC(=O)c1ccc(Oc2ccccc2Br)cc1. The van der Waals surface area contributed by atoms with E-state index in [-0.39, 0.29) is 5.91 Å². The Balaban J connectivity index is 1.99. The Morgan fingerprint density at radius 1 is 1.14 bits per heavy atom. The fraction of sp³-hybridized carbons (Fsp3) is 0.235. The molecule has 0 aliphatic rings. The van der Waals surface area contributed by atoms with E-state index in [1.807, 2.05) is 24.3 Å². The Labute approximate surface area is 133 Å². The van der Waals surface area contributed by atoms with E-state index in [0.717, 1.165) is 23.1 Å². The Kier molecular flexibility index (Phi) is 5.81. The molecule has 1 amide bonds. The third-order valence-electron chi connectivity index (χ3n) is 3.00. The van der Waals surface area contributed by atoms with Gasteiger partial charge in [0.2, 0.25) is 0 Å². The Morgan fingerprint density at radius 3 is 2.52 bits per heavy atom. The number of unbranched alkanes of at least 4 members (excludes halogenated alkanes) is 1. The van der Waals surface area contributed by atoms with E-state index in [0.29, 0.717) is 17.9 Å². The third kappa shape index (κ3) is 4.60. The van der Waals surface area contributed by atoms with Gasteiger partial charge in [-0.3, -0.25) is 4.79 Å². The van der Waals surface area contributed by atoms with E-state index in [1.54, 1.807) is 24.3 Å². The van der Waals surface area contributed by atoms with Gasteiger partial charge in [-0.2, -0.15) is 0 Å². The zero-order chi connectivity index (χ0) is 15.1. The summed E-state index contributed by atoms with van der Waals surface area (Å²) >= 11 is 3.44. The number of hydrogen-bond donors (Lipinski definition) is 1. The summed E-state index contributed by atoms with van der Waals surface area (Å²) in [6, 6.07) is 14.8. The highest BCUT2D eigenvalue weighted by Gasteiger charge is 2.06. The molecule has 0 saturated carbocycles. The molecule has 1 N–H and O–H groups in total. The average Bonchev–Trinajstić information content (AvgIpc) is 2.50. The summed E-state index contributed by atoms with van der Waals surface area (Å²) in [4.78, 5) is 11.9. The number of nitrogens with one attached hydrogen (secondary N) is 1. The molecule has 0 aliphatic carbocycles. The van der Waals surface area contributed by atoms with Crippen LogP contribution in [0.25, 0.3) is 0 Å². The summed E-state index contributed by atoms with van der Waals surface area (Å²) in [7, 11) is 0. The molecule has 4 heteroatoms. The highest BCUT2D eigenvalue weighted by molar-refractivity contribution is 9.10. The largest absolute Gasteiger partial charge is 0.456 e. The maximum Gasteiger partial charge on any atom is 0.251 e. The lowest BCUT2D eigenvalue weighted by molar-refractivity contribution is 0.0953. The van der Waals surface area contributed by atoms with Gasteiger partial charge in [0.05, 0.1) is 4.47 Å². The number of benzene rings is 2. The molecule has 2 aromatic rings. The number of hydrogen-bond acceptors (Lipinski definition) is 2. The van der Waals surface area contributed by atoms with Crippen LogP contribution >= 0.6 is 15.9 Å². The van der Waals surface area contributed by atoms with Crippen LogP contribution in [-0.2, 0) is 0 Å². The van der Waals surface area contributed by atoms with Gasteiger partial charge in [0.15, 0.2) is 0 Å². The molecule has 21 heavy (non-hydrogen) atoms. The molecule has 0 aromatic heterocycles. The van der Waals surface area contributed by atoms with E-state index in [9.17, 15) is 4.79 Å². The van der Waals surface area contributed by atoms with Crippen molar-refractivity contribution in [2.45, 2.75) is 19.8 Å². The summed E-state index contributed by atoms with van der Waals surface area (Å²) in [5.74, 6) is 1.40. The third-order valence-corrected chi connectivity index (χ3v) is 3.65. The fourth-order valence-electron chi connectivity index (χ4n) is 1.81. The van der Waals surface area contributed by atoms with Crippen LogP contribution in [0.2, 0.25) is 0 Å². The van der Waals surface area contributed by atoms with Crippen LogP contribution in [-0.4, -0.2) is 12.5 Å². The first-order valence-corrected chi connectivity index (χ1v) is 7.80. The lowest BCUT2D eigenvalue weighted by atomic mass is 10.2. The van der Waals surface area contributed by atoms with E-state index in [2.05, 4.69) is 28.2 Å². The first-order chi connectivity index (χ1) is 10.2. The summed E-state index contributed by atoms with van der Waals surface area (Å²) in [5.41, 5.74) is 0.644. The van der Waals surface area contributed by atoms with Crippen molar-refractivity contribution in [1.82, 2.24) is 5.32 Å². The lowest BCUT2D eigenvalue weighted by Gasteiger charge is -2.08. The number of carbonyl (C=O) groups excluding carboxylic acids is 1. The van der Waals surface area contributed by atoms with Crippen molar-refractivity contribution in [1.29, 1.82) is 0 Å². The van der Waals surface area contributed by atoms with Gasteiger partial charge in [-0.05, 0) is 58.7 Å². The molecule has 0 spiro atoms. The first kappa shape index (κ1) is 15.6. The Bertz CT molecular complexity index is 596. The van der Waals surface area contributed by atoms with Crippen LogP contribution in [0.15, 0.2) is 53.0 Å². The molecule has 0 aliphatic heterocycles. The monoisotopic (exact) mass is 347 g/mol. The van der Waals surface area contributed by atoms with Crippen LogP contribution in [0.5, 0.6) is 11.5 Å². The first-order valence-electron chi connectivity index (χ1n) is 7.01. The minimum Gasteiger partial charge on any atom is -0.456 e. The van der Waals surface area contributed by atoms with Crippen molar-refractivity contribution in [3.8, 4) is 11.5 Å². The van der Waals surface area contributed by atoms with Gasteiger partial charge in [-0.25, -0.2) is 0 Å². The van der Waals surface area contributed by atoms with Crippen molar-refractivity contribution in [2.75, 3.05) is 6.54 Å². The highest BCUT2D eigenvalue weighted by Crippen LogP contribution is 2.29. The second-order valence-electron chi connectivity index (χ2n) is 4.67. The van der Waals surface area contributed by atoms with Gasteiger partial charge in [-0.1, -0.05) is 25.5 Å². The predicted octanol–water partition coefficient (Wildman–Crippen LogP) is 4.77. The highest BCUT2D eigenvalue weighted by atomic mass is 79.9. The molecule has 3 nitrogen and oxygen atoms in total. The number of ether oxygens (including phenoxy) is 1. The van der Waals surface area contributed by atoms with Gasteiger partial charge < -0.3 is 10.1 Å². The van der Waals surface area contributed by atoms with Crippen molar-refractivity contribution in [3.05, 3.63) is 58.6 Å². The predicted molar refractivity (Wildman–Crippen MR) is 87.9 cm³/mol. The average molecular weight is 348 g/mol. The molecule has 2 aromatic carbocycles. The molecule has 0 saturated heterocycles. The molecule has 0 unspecified atom stereocenters. The maximum atomic E-state index is 11.9. The molecular formula is C17H18BrNO2.